The summed E-state index contributed by atoms with van der Waals surface area (Å²) < 4.78 is 7.51. The van der Waals surface area contributed by atoms with Gasteiger partial charge in [0, 0.05) is 12.0 Å². The molecule has 1 aromatic heterocycles. The van der Waals surface area contributed by atoms with Gasteiger partial charge in [-0.1, -0.05) is 37.7 Å². The van der Waals surface area contributed by atoms with E-state index in [9.17, 15) is 0 Å². The second kappa shape index (κ2) is 7.83. The van der Waals surface area contributed by atoms with Crippen LogP contribution in [-0.4, -0.2) is 34.0 Å². The van der Waals surface area contributed by atoms with Crippen molar-refractivity contribution in [3.05, 3.63) is 35.7 Å². The summed E-state index contributed by atoms with van der Waals surface area (Å²) in [6, 6.07) is 7.89. The third kappa shape index (κ3) is 3.85. The predicted molar refractivity (Wildman–Crippen MR) is 86.4 cm³/mol. The summed E-state index contributed by atoms with van der Waals surface area (Å²) in [5.41, 5.74) is 0.953. The van der Waals surface area contributed by atoms with Crippen LogP contribution in [0.15, 0.2) is 34.5 Å². The summed E-state index contributed by atoms with van der Waals surface area (Å²) in [6.45, 7) is 4.83. The molecule has 0 bridgehead atoms. The largest absolute Gasteiger partial charge is 0.493 e. The number of hydrogen-bond acceptors (Lipinski definition) is 5. The number of aromatic nitrogens is 3. The molecule has 0 fully saturated rings. The molecule has 0 amide bonds. The zero-order chi connectivity index (χ0) is 15.1. The van der Waals surface area contributed by atoms with Gasteiger partial charge in [0.05, 0.1) is 12.8 Å². The van der Waals surface area contributed by atoms with Crippen LogP contribution in [0.25, 0.3) is 0 Å². The highest BCUT2D eigenvalue weighted by Crippen LogP contribution is 2.18. The first-order valence-electron chi connectivity index (χ1n) is 7.04. The normalized spacial score (nSPS) is 11.2. The van der Waals surface area contributed by atoms with Crippen molar-refractivity contribution < 1.29 is 4.74 Å². The summed E-state index contributed by atoms with van der Waals surface area (Å²) in [5.74, 6) is 1.70. The molecule has 0 aliphatic carbocycles. The van der Waals surface area contributed by atoms with Crippen molar-refractivity contribution in [2.45, 2.75) is 31.8 Å². The van der Waals surface area contributed by atoms with Gasteiger partial charge >= 0.3 is 0 Å². The molecular weight excluding hydrogens is 284 g/mol. The van der Waals surface area contributed by atoms with Crippen LogP contribution in [0.4, 0.5) is 0 Å². The number of nitrogens with zero attached hydrogens (tertiary/aromatic N) is 4. The van der Waals surface area contributed by atoms with E-state index in [0.29, 0.717) is 6.61 Å². The second-order valence-electron chi connectivity index (χ2n) is 4.40. The molecule has 0 unspecified atom stereocenters. The van der Waals surface area contributed by atoms with Crippen LogP contribution < -0.4 is 4.74 Å². The fourth-order valence-corrected chi connectivity index (χ4v) is 2.26. The van der Waals surface area contributed by atoms with Gasteiger partial charge in [-0.05, 0) is 24.8 Å². The minimum Gasteiger partial charge on any atom is -0.493 e. The van der Waals surface area contributed by atoms with Crippen LogP contribution in [-0.2, 0) is 6.42 Å². The Hall–Kier alpha value is -1.82. The Morgan fingerprint density at radius 3 is 2.81 bits per heavy atom. The van der Waals surface area contributed by atoms with E-state index in [4.69, 9.17) is 4.74 Å². The summed E-state index contributed by atoms with van der Waals surface area (Å²) in [4.78, 5) is 0. The van der Waals surface area contributed by atoms with Crippen LogP contribution in [0.3, 0.4) is 0 Å². The average Bonchev–Trinajstić information content (AvgIpc) is 2.93. The molecule has 0 saturated carbocycles. The van der Waals surface area contributed by atoms with Crippen molar-refractivity contribution in [1.29, 1.82) is 0 Å². The monoisotopic (exact) mass is 304 g/mol. The third-order valence-electron chi connectivity index (χ3n) is 2.87. The van der Waals surface area contributed by atoms with Crippen LogP contribution in [0.5, 0.6) is 5.75 Å². The first-order valence-corrected chi connectivity index (χ1v) is 8.27. The maximum Gasteiger partial charge on any atom is 0.211 e. The average molecular weight is 304 g/mol. The topological polar surface area (TPSA) is 52.3 Å². The predicted octanol–water partition coefficient (Wildman–Crippen LogP) is 3.23. The van der Waals surface area contributed by atoms with E-state index in [-0.39, 0.29) is 0 Å². The van der Waals surface area contributed by atoms with E-state index in [2.05, 4.69) is 22.2 Å². The van der Waals surface area contributed by atoms with Crippen molar-refractivity contribution in [3.8, 4) is 5.75 Å². The minimum atomic E-state index is 0.702. The third-order valence-corrected chi connectivity index (χ3v) is 3.49. The molecule has 0 spiro atoms. The van der Waals surface area contributed by atoms with Gasteiger partial charge in [0.1, 0.15) is 5.75 Å². The lowest BCUT2D eigenvalue weighted by Gasteiger charge is -2.07. The molecule has 0 N–H and O–H groups in total. The minimum absolute atomic E-state index is 0.702. The Kier molecular flexibility index (Phi) is 5.80. The van der Waals surface area contributed by atoms with Crippen LogP contribution in [0.2, 0.25) is 0 Å². The lowest BCUT2D eigenvalue weighted by molar-refractivity contribution is 0.317. The van der Waals surface area contributed by atoms with Crippen molar-refractivity contribution in [2.24, 2.45) is 5.10 Å². The van der Waals surface area contributed by atoms with Gasteiger partial charge < -0.3 is 4.74 Å². The highest BCUT2D eigenvalue weighted by molar-refractivity contribution is 7.98. The zero-order valence-corrected chi connectivity index (χ0v) is 13.4. The molecule has 0 saturated heterocycles. The van der Waals surface area contributed by atoms with E-state index < -0.39 is 0 Å². The number of rotatable bonds is 7. The van der Waals surface area contributed by atoms with E-state index in [1.54, 1.807) is 10.9 Å². The first kappa shape index (κ1) is 15.6. The number of benzene rings is 1. The molecular formula is C15H20N4OS. The van der Waals surface area contributed by atoms with Gasteiger partial charge in [0.25, 0.3) is 0 Å². The molecule has 0 atom stereocenters. The number of aryl methyl sites for hydroxylation is 1. The van der Waals surface area contributed by atoms with Crippen molar-refractivity contribution in [3.63, 3.8) is 0 Å². The van der Waals surface area contributed by atoms with E-state index >= 15 is 0 Å². The van der Waals surface area contributed by atoms with E-state index in [1.165, 1.54) is 11.8 Å². The van der Waals surface area contributed by atoms with Crippen LogP contribution >= 0.6 is 11.8 Å². The quantitative estimate of drug-likeness (QED) is 0.582. The number of hydrogen-bond donors (Lipinski definition) is 0. The van der Waals surface area contributed by atoms with Gasteiger partial charge in [-0.15, -0.1) is 10.2 Å². The fourth-order valence-electron chi connectivity index (χ4n) is 1.81. The Morgan fingerprint density at radius 2 is 2.10 bits per heavy atom. The van der Waals surface area contributed by atoms with Crippen LogP contribution in [0, 0.1) is 0 Å². The van der Waals surface area contributed by atoms with Crippen LogP contribution in [0.1, 0.15) is 31.7 Å². The standard InChI is InChI=1S/C15H20N4OS/c1-4-10-20-13-9-7-6-8-12(13)11-16-19-14(5-2)17-18-15(19)21-3/h6-9,11H,4-5,10H2,1-3H3/b16-11-. The van der Waals surface area contributed by atoms with Gasteiger partial charge in [-0.2, -0.15) is 9.78 Å². The van der Waals surface area contributed by atoms with Gasteiger partial charge in [0.2, 0.25) is 5.16 Å². The van der Waals surface area contributed by atoms with E-state index in [1.807, 2.05) is 37.4 Å². The summed E-state index contributed by atoms with van der Waals surface area (Å²) >= 11 is 1.53. The molecule has 0 aliphatic heterocycles. The highest BCUT2D eigenvalue weighted by Gasteiger charge is 2.08. The molecule has 1 heterocycles. The maximum absolute atomic E-state index is 5.73. The van der Waals surface area contributed by atoms with Gasteiger partial charge in [-0.3, -0.25) is 0 Å². The van der Waals surface area contributed by atoms with Crippen molar-refractivity contribution in [1.82, 2.24) is 14.9 Å². The first-order chi connectivity index (χ1) is 10.3. The molecule has 1 aromatic carbocycles. The molecule has 5 nitrogen and oxygen atoms in total. The molecule has 2 rings (SSSR count). The van der Waals surface area contributed by atoms with E-state index in [0.717, 1.165) is 35.1 Å². The molecule has 112 valence electrons. The van der Waals surface area contributed by atoms with Gasteiger partial charge in [0.15, 0.2) is 5.82 Å². The van der Waals surface area contributed by atoms with Crippen molar-refractivity contribution >= 4 is 18.0 Å². The fraction of sp³-hybridized carbons (Fsp3) is 0.400. The molecule has 2 aromatic rings. The van der Waals surface area contributed by atoms with Gasteiger partial charge in [-0.25, -0.2) is 0 Å². The number of ether oxygens (including phenoxy) is 1. The summed E-state index contributed by atoms with van der Waals surface area (Å²) in [5, 5.41) is 13.6. The Bertz CT molecular complexity index is 588. The lowest BCUT2D eigenvalue weighted by atomic mass is 10.2. The number of thioether (sulfide) groups is 1. The number of para-hydroxylation sites is 1. The Labute approximate surface area is 129 Å². The Balaban J connectivity index is 2.27. The SMILES string of the molecule is CCCOc1ccccc1/C=N\n1c(CC)nnc1SC. The molecule has 0 aliphatic rings. The second-order valence-corrected chi connectivity index (χ2v) is 5.17. The smallest absolute Gasteiger partial charge is 0.211 e. The molecule has 21 heavy (non-hydrogen) atoms. The molecule has 0 radical (unpaired) electrons. The van der Waals surface area contributed by atoms with Crippen molar-refractivity contribution in [2.75, 3.05) is 12.9 Å². The lowest BCUT2D eigenvalue weighted by Crippen LogP contribution is -2.01. The summed E-state index contributed by atoms with van der Waals surface area (Å²) in [6.07, 6.45) is 5.54. The maximum atomic E-state index is 5.73. The highest BCUT2D eigenvalue weighted by atomic mass is 32.2. The molecule has 6 heteroatoms. The zero-order valence-electron chi connectivity index (χ0n) is 12.6. The summed E-state index contributed by atoms with van der Waals surface area (Å²) in [7, 11) is 0. The Morgan fingerprint density at radius 1 is 1.29 bits per heavy atom.